The molecule has 0 atom stereocenters. The average molecular weight is 268 g/mol. The number of halogens is 1. The molecule has 0 N–H and O–H groups in total. The number of pyridine rings is 1. The molecule has 0 fully saturated rings. The van der Waals surface area contributed by atoms with Crippen molar-refractivity contribution in [3.05, 3.63) is 28.5 Å². The third-order valence-corrected chi connectivity index (χ3v) is 2.07. The van der Waals surface area contributed by atoms with Crippen molar-refractivity contribution in [1.82, 2.24) is 4.98 Å². The molecule has 1 aromatic heterocycles. The summed E-state index contributed by atoms with van der Waals surface area (Å²) in [6.45, 7) is -2.48. The van der Waals surface area contributed by atoms with Crippen LogP contribution < -0.4 is 0 Å². The molecule has 6 heteroatoms. The molecule has 0 spiro atoms. The number of rotatable bonds is 3. The highest BCUT2D eigenvalue weighted by Gasteiger charge is 2.05. The van der Waals surface area contributed by atoms with Crippen molar-refractivity contribution in [3.8, 4) is 0 Å². The lowest BCUT2D eigenvalue weighted by molar-refractivity contribution is 0.306. The predicted octanol–water partition coefficient (Wildman–Crippen LogP) is 1.32. The molecule has 0 unspecified atom stereocenters. The zero-order valence-corrected chi connectivity index (χ0v) is 9.09. The fourth-order valence-electron chi connectivity index (χ4n) is 0.576. The number of aromatic nitrogens is 1. The molecule has 4 nitrogen and oxygen atoms in total. The van der Waals surface area contributed by atoms with Gasteiger partial charge < -0.3 is 0 Å². The van der Waals surface area contributed by atoms with Crippen LogP contribution in [0.25, 0.3) is 0 Å². The van der Waals surface area contributed by atoms with Gasteiger partial charge in [0, 0.05) is 10.7 Å². The molecule has 0 radical (unpaired) electrons. The molecule has 0 bridgehead atoms. The maximum absolute atomic E-state index is 10.8. The Labute approximate surface area is 88.0 Å². The Kier molecular flexibility index (Phi) is 2.53. The summed E-state index contributed by atoms with van der Waals surface area (Å²) in [6, 6.07) is 3.13. The molecule has 1 aromatic rings. The highest BCUT2D eigenvalue weighted by molar-refractivity contribution is 9.10. The first kappa shape index (κ1) is 7.90. The van der Waals surface area contributed by atoms with E-state index in [0.29, 0.717) is 4.47 Å². The fourth-order valence-corrected chi connectivity index (χ4v) is 1.14. The fraction of sp³-hybridized carbons (Fsp3) is 0.286. The smallest absolute Gasteiger partial charge is 0.264 e. The Morgan fingerprint density at radius 3 is 3.00 bits per heavy atom. The minimum atomic E-state index is -3.88. The SMILES string of the molecule is [2H]C([2H])(OS(C)(=O)=O)c1ncccc1Br. The lowest BCUT2D eigenvalue weighted by Crippen LogP contribution is -2.04. The van der Waals surface area contributed by atoms with Crippen molar-refractivity contribution in [2.24, 2.45) is 0 Å². The van der Waals surface area contributed by atoms with Gasteiger partial charge in [-0.2, -0.15) is 8.42 Å². The maximum Gasteiger partial charge on any atom is 0.264 e. The average Bonchev–Trinajstić information content (AvgIpc) is 1.99. The van der Waals surface area contributed by atoms with E-state index in [0.717, 1.165) is 6.26 Å². The van der Waals surface area contributed by atoms with E-state index in [1.54, 1.807) is 12.1 Å². The largest absolute Gasteiger partial charge is 0.264 e. The van der Waals surface area contributed by atoms with E-state index < -0.39 is 16.7 Å². The van der Waals surface area contributed by atoms with Gasteiger partial charge in [0.05, 0.1) is 14.7 Å². The topological polar surface area (TPSA) is 56.3 Å². The number of hydrogen-bond donors (Lipinski definition) is 0. The lowest BCUT2D eigenvalue weighted by Gasteiger charge is -2.01. The first-order valence-corrected chi connectivity index (χ1v) is 5.85. The summed E-state index contributed by atoms with van der Waals surface area (Å²) in [5.41, 5.74) is -0.115. The van der Waals surface area contributed by atoms with Crippen molar-refractivity contribution in [2.75, 3.05) is 6.26 Å². The van der Waals surface area contributed by atoms with Crippen LogP contribution in [-0.4, -0.2) is 19.7 Å². The van der Waals surface area contributed by atoms with Crippen molar-refractivity contribution in [3.63, 3.8) is 0 Å². The third-order valence-electron chi connectivity index (χ3n) is 1.05. The molecule has 0 amide bonds. The normalized spacial score (nSPS) is 14.9. The van der Waals surface area contributed by atoms with Gasteiger partial charge in [-0.25, -0.2) is 0 Å². The molecular formula is C7H8BrNO3S. The second kappa shape index (κ2) is 4.17. The molecular weight excluding hydrogens is 258 g/mol. The van der Waals surface area contributed by atoms with Crippen LogP contribution in [0.15, 0.2) is 22.8 Å². The monoisotopic (exact) mass is 267 g/mol. The summed E-state index contributed by atoms with van der Waals surface area (Å²) in [6.07, 6.45) is 2.13. The second-order valence-electron chi connectivity index (χ2n) is 2.22. The van der Waals surface area contributed by atoms with Crippen LogP contribution in [0.4, 0.5) is 0 Å². The van der Waals surface area contributed by atoms with Gasteiger partial charge in [-0.1, -0.05) is 0 Å². The van der Waals surface area contributed by atoms with Crippen molar-refractivity contribution >= 4 is 26.0 Å². The Morgan fingerprint density at radius 1 is 1.77 bits per heavy atom. The van der Waals surface area contributed by atoms with Crippen molar-refractivity contribution in [1.29, 1.82) is 0 Å². The third kappa shape index (κ3) is 3.84. The standard InChI is InChI=1S/C7H8BrNO3S/c1-13(10,11)12-5-7-6(8)3-2-4-9-7/h2-4H,5H2,1H3/i5D2. The highest BCUT2D eigenvalue weighted by Crippen LogP contribution is 2.14. The van der Waals surface area contributed by atoms with E-state index in [1.807, 2.05) is 0 Å². The van der Waals surface area contributed by atoms with Crippen LogP contribution in [0.3, 0.4) is 0 Å². The van der Waals surface area contributed by atoms with Gasteiger partial charge in [-0.3, -0.25) is 9.17 Å². The van der Waals surface area contributed by atoms with Crippen LogP contribution in [0.2, 0.25) is 0 Å². The van der Waals surface area contributed by atoms with E-state index in [4.69, 9.17) is 2.74 Å². The van der Waals surface area contributed by atoms with E-state index in [1.165, 1.54) is 6.20 Å². The molecule has 0 aliphatic heterocycles. The Bertz CT molecular complexity index is 463. The van der Waals surface area contributed by atoms with E-state index in [2.05, 4.69) is 25.1 Å². The van der Waals surface area contributed by atoms with Crippen LogP contribution in [-0.2, 0) is 20.9 Å². The molecule has 0 aliphatic carbocycles. The van der Waals surface area contributed by atoms with Gasteiger partial charge in [-0.15, -0.1) is 0 Å². The van der Waals surface area contributed by atoms with E-state index in [9.17, 15) is 8.42 Å². The van der Waals surface area contributed by atoms with Gasteiger partial charge >= 0.3 is 0 Å². The number of hydrogen-bond acceptors (Lipinski definition) is 4. The molecule has 1 rings (SSSR count). The van der Waals surface area contributed by atoms with Gasteiger partial charge in [-0.05, 0) is 28.1 Å². The second-order valence-corrected chi connectivity index (χ2v) is 4.65. The first-order valence-electron chi connectivity index (χ1n) is 4.24. The Morgan fingerprint density at radius 2 is 2.46 bits per heavy atom. The minimum Gasteiger partial charge on any atom is -0.264 e. The first-order chi connectivity index (χ1) is 6.72. The van der Waals surface area contributed by atoms with Gasteiger partial charge in [0.1, 0.15) is 6.56 Å². The zero-order valence-electron chi connectivity index (χ0n) is 8.69. The molecule has 72 valence electrons. The van der Waals surface area contributed by atoms with Crippen LogP contribution in [0.1, 0.15) is 8.44 Å². The van der Waals surface area contributed by atoms with E-state index >= 15 is 0 Å². The Balaban J connectivity index is 3.12. The van der Waals surface area contributed by atoms with Crippen molar-refractivity contribution in [2.45, 2.75) is 6.56 Å². The van der Waals surface area contributed by atoms with Crippen LogP contribution in [0.5, 0.6) is 0 Å². The van der Waals surface area contributed by atoms with Crippen LogP contribution in [0, 0.1) is 0 Å². The molecule has 0 saturated heterocycles. The quantitative estimate of drug-likeness (QED) is 0.776. The summed E-state index contributed by atoms with van der Waals surface area (Å²) in [5, 5.41) is 0. The van der Waals surface area contributed by atoms with E-state index in [-0.39, 0.29) is 5.69 Å². The number of nitrogens with zero attached hydrogens (tertiary/aromatic N) is 1. The Hall–Kier alpha value is -0.460. The summed E-state index contributed by atoms with van der Waals surface area (Å²) in [7, 11) is -3.88. The molecule has 0 aromatic carbocycles. The summed E-state index contributed by atoms with van der Waals surface area (Å²) >= 11 is 3.06. The van der Waals surface area contributed by atoms with Gasteiger partial charge in [0.2, 0.25) is 0 Å². The maximum atomic E-state index is 10.8. The molecule has 1 heterocycles. The van der Waals surface area contributed by atoms with Gasteiger partial charge in [0.25, 0.3) is 10.1 Å². The predicted molar refractivity (Wildman–Crippen MR) is 51.6 cm³/mol. The summed E-state index contributed by atoms with van der Waals surface area (Å²) in [5.74, 6) is 0. The summed E-state index contributed by atoms with van der Waals surface area (Å²) < 4.78 is 41.2. The molecule has 0 aliphatic rings. The van der Waals surface area contributed by atoms with Crippen LogP contribution >= 0.6 is 15.9 Å². The lowest BCUT2D eigenvalue weighted by atomic mass is 10.4. The van der Waals surface area contributed by atoms with Gasteiger partial charge in [0.15, 0.2) is 0 Å². The molecule has 13 heavy (non-hydrogen) atoms. The molecule has 0 saturated carbocycles. The highest BCUT2D eigenvalue weighted by atomic mass is 79.9. The van der Waals surface area contributed by atoms with Crippen molar-refractivity contribution < 1.29 is 15.3 Å². The summed E-state index contributed by atoms with van der Waals surface area (Å²) in [4.78, 5) is 3.72. The zero-order chi connectivity index (χ0) is 11.7. The minimum absolute atomic E-state index is 0.115.